The second kappa shape index (κ2) is 2.18. The van der Waals surface area contributed by atoms with Gasteiger partial charge in [0.25, 0.3) is 0 Å². The van der Waals surface area contributed by atoms with Crippen LogP contribution in [0.5, 0.6) is 0 Å². The van der Waals surface area contributed by atoms with Crippen LogP contribution in [0.3, 0.4) is 0 Å². The summed E-state index contributed by atoms with van der Waals surface area (Å²) in [5.41, 5.74) is 0.331. The zero-order chi connectivity index (χ0) is 7.02. The molecular formula is C5H5BBrNO. The van der Waals surface area contributed by atoms with Crippen molar-refractivity contribution in [3.63, 3.8) is 0 Å². The summed E-state index contributed by atoms with van der Waals surface area (Å²) in [7, 11) is 7.07. The Balaban J connectivity index is 2.87. The molecule has 1 amide bonds. The maximum absolute atomic E-state index is 10.8. The lowest BCUT2D eigenvalue weighted by Crippen LogP contribution is -2.21. The van der Waals surface area contributed by atoms with Crippen LogP contribution in [0.2, 0.25) is 0 Å². The summed E-state index contributed by atoms with van der Waals surface area (Å²) in [6, 6.07) is 0. The summed E-state index contributed by atoms with van der Waals surface area (Å²) in [4.78, 5) is 12.4. The molecule has 1 aliphatic heterocycles. The molecule has 9 heavy (non-hydrogen) atoms. The van der Waals surface area contributed by atoms with E-state index in [1.54, 1.807) is 11.9 Å². The van der Waals surface area contributed by atoms with Crippen molar-refractivity contribution in [2.45, 2.75) is 0 Å². The van der Waals surface area contributed by atoms with Gasteiger partial charge in [-0.3, -0.25) is 4.79 Å². The molecule has 0 bridgehead atoms. The highest BCUT2D eigenvalue weighted by molar-refractivity contribution is 9.11. The van der Waals surface area contributed by atoms with E-state index in [1.807, 2.05) is 0 Å². The lowest BCUT2D eigenvalue weighted by molar-refractivity contribution is -0.123. The molecule has 0 saturated heterocycles. The predicted octanol–water partition coefficient (Wildman–Crippen LogP) is 0.233. The van der Waals surface area contributed by atoms with Crippen molar-refractivity contribution in [2.24, 2.45) is 0 Å². The second-order valence-electron chi connectivity index (χ2n) is 1.98. The first kappa shape index (κ1) is 6.87. The van der Waals surface area contributed by atoms with Crippen LogP contribution in [0.25, 0.3) is 0 Å². The summed E-state index contributed by atoms with van der Waals surface area (Å²) in [6.45, 7) is 0.602. The average Bonchev–Trinajstić information content (AvgIpc) is 1.98. The summed E-state index contributed by atoms with van der Waals surface area (Å²) in [6.07, 6.45) is 0. The maximum Gasteiger partial charge on any atom is 0.240 e. The van der Waals surface area contributed by atoms with E-state index in [0.29, 0.717) is 12.0 Å². The molecule has 0 aromatic heterocycles. The Morgan fingerprint density at radius 2 is 2.33 bits per heavy atom. The molecule has 1 rings (SSSR count). The van der Waals surface area contributed by atoms with E-state index >= 15 is 0 Å². The van der Waals surface area contributed by atoms with Gasteiger partial charge in [-0.2, -0.15) is 0 Å². The molecule has 1 aliphatic rings. The molecule has 2 radical (unpaired) electrons. The monoisotopic (exact) mass is 185 g/mol. The Kier molecular flexibility index (Phi) is 1.66. The third-order valence-electron chi connectivity index (χ3n) is 1.25. The molecule has 1 heterocycles. The van der Waals surface area contributed by atoms with Gasteiger partial charge >= 0.3 is 0 Å². The molecule has 0 N–H and O–H groups in total. The Bertz CT molecular complexity index is 189. The fourth-order valence-electron chi connectivity index (χ4n) is 0.687. The van der Waals surface area contributed by atoms with E-state index < -0.39 is 0 Å². The van der Waals surface area contributed by atoms with Crippen LogP contribution in [0.4, 0.5) is 0 Å². The van der Waals surface area contributed by atoms with Crippen LogP contribution in [-0.4, -0.2) is 32.2 Å². The van der Waals surface area contributed by atoms with Crippen LogP contribution < -0.4 is 0 Å². The number of carbonyl (C=O) groups is 1. The number of hydrogen-bond donors (Lipinski definition) is 0. The summed E-state index contributed by atoms with van der Waals surface area (Å²) < 4.78 is 0.787. The fourth-order valence-corrected chi connectivity index (χ4v) is 1.23. The van der Waals surface area contributed by atoms with Crippen LogP contribution in [-0.2, 0) is 4.79 Å². The Morgan fingerprint density at radius 3 is 2.44 bits per heavy atom. The van der Waals surface area contributed by atoms with Crippen molar-refractivity contribution in [3.8, 4) is 0 Å². The van der Waals surface area contributed by atoms with Crippen molar-refractivity contribution in [1.82, 2.24) is 4.90 Å². The molecule has 2 nitrogen and oxygen atoms in total. The van der Waals surface area contributed by atoms with Crippen molar-refractivity contribution in [3.05, 3.63) is 9.95 Å². The van der Waals surface area contributed by atoms with Gasteiger partial charge in [-0.25, -0.2) is 0 Å². The topological polar surface area (TPSA) is 20.3 Å². The highest BCUT2D eigenvalue weighted by atomic mass is 79.9. The first-order valence-electron chi connectivity index (χ1n) is 2.52. The number of nitrogens with zero attached hydrogens (tertiary/aromatic N) is 1. The minimum atomic E-state index is -0.0955. The van der Waals surface area contributed by atoms with Crippen LogP contribution in [0.15, 0.2) is 9.95 Å². The normalized spacial score (nSPS) is 19.8. The zero-order valence-corrected chi connectivity index (χ0v) is 6.60. The van der Waals surface area contributed by atoms with Crippen molar-refractivity contribution >= 4 is 29.7 Å². The van der Waals surface area contributed by atoms with E-state index in [2.05, 4.69) is 15.9 Å². The molecule has 0 aromatic carbocycles. The Labute approximate surface area is 63.4 Å². The number of carbonyl (C=O) groups excluding carboxylic acids is 1. The van der Waals surface area contributed by atoms with Crippen molar-refractivity contribution in [2.75, 3.05) is 13.6 Å². The van der Waals surface area contributed by atoms with Gasteiger partial charge in [-0.05, 0) is 5.47 Å². The van der Waals surface area contributed by atoms with Gasteiger partial charge in [0.1, 0.15) is 7.85 Å². The highest BCUT2D eigenvalue weighted by Crippen LogP contribution is 2.19. The minimum Gasteiger partial charge on any atom is -0.338 e. The molecule has 0 aromatic rings. The van der Waals surface area contributed by atoms with E-state index in [9.17, 15) is 4.79 Å². The Morgan fingerprint density at radius 1 is 1.78 bits per heavy atom. The summed E-state index contributed by atoms with van der Waals surface area (Å²) in [5.74, 6) is -0.0955. The van der Waals surface area contributed by atoms with Gasteiger partial charge in [-0.1, -0.05) is 15.9 Å². The molecule has 0 unspecified atom stereocenters. The number of amides is 1. The molecule has 0 aliphatic carbocycles. The quantitative estimate of drug-likeness (QED) is 0.495. The lowest BCUT2D eigenvalue weighted by atomic mass is 9.97. The second-order valence-corrected chi connectivity index (χ2v) is 2.94. The van der Waals surface area contributed by atoms with Crippen LogP contribution in [0, 0.1) is 0 Å². The first-order chi connectivity index (χ1) is 4.13. The fraction of sp³-hybridized carbons (Fsp3) is 0.400. The predicted molar refractivity (Wildman–Crippen MR) is 39.3 cm³/mol. The van der Waals surface area contributed by atoms with E-state index in [0.717, 1.165) is 4.48 Å². The minimum absolute atomic E-state index is 0.0955. The zero-order valence-electron chi connectivity index (χ0n) is 5.02. The first-order valence-corrected chi connectivity index (χ1v) is 3.32. The van der Waals surface area contributed by atoms with Gasteiger partial charge in [-0.15, -0.1) is 0 Å². The van der Waals surface area contributed by atoms with E-state index in [1.165, 1.54) is 0 Å². The maximum atomic E-state index is 10.8. The summed E-state index contributed by atoms with van der Waals surface area (Å²) >= 11 is 3.18. The van der Waals surface area contributed by atoms with E-state index in [-0.39, 0.29) is 5.91 Å². The van der Waals surface area contributed by atoms with E-state index in [4.69, 9.17) is 7.85 Å². The van der Waals surface area contributed by atoms with Crippen LogP contribution >= 0.6 is 15.9 Å². The average molecular weight is 186 g/mol. The number of hydrogen-bond acceptors (Lipinski definition) is 1. The largest absolute Gasteiger partial charge is 0.338 e. The smallest absolute Gasteiger partial charge is 0.240 e. The standard InChI is InChI=1S/C5H5BBrNO/c1-8-2-3(7)4(6)5(8)9/h2H2,1H3. The molecule has 4 heteroatoms. The number of likely N-dealkylation sites (N-methyl/N-ethyl adjacent to an activating group) is 1. The SMILES string of the molecule is [B]C1=C(Br)CN(C)C1=O. The molecule has 0 saturated carbocycles. The molecule has 0 fully saturated rings. The van der Waals surface area contributed by atoms with Gasteiger partial charge in [0, 0.05) is 11.5 Å². The lowest BCUT2D eigenvalue weighted by Gasteiger charge is -2.05. The third kappa shape index (κ3) is 1.03. The molecule has 46 valence electrons. The van der Waals surface area contributed by atoms with Crippen LogP contribution in [0.1, 0.15) is 0 Å². The Hall–Kier alpha value is -0.245. The molecule has 0 atom stereocenters. The highest BCUT2D eigenvalue weighted by Gasteiger charge is 2.20. The van der Waals surface area contributed by atoms with Crippen molar-refractivity contribution in [1.29, 1.82) is 0 Å². The number of halogens is 1. The molecular weight excluding hydrogens is 181 g/mol. The summed E-state index contributed by atoms with van der Waals surface area (Å²) in [5, 5.41) is 0. The van der Waals surface area contributed by atoms with Gasteiger partial charge in [0.2, 0.25) is 5.91 Å². The van der Waals surface area contributed by atoms with Gasteiger partial charge < -0.3 is 4.90 Å². The third-order valence-corrected chi connectivity index (χ3v) is 1.92. The van der Waals surface area contributed by atoms with Gasteiger partial charge in [0.05, 0.1) is 6.54 Å². The van der Waals surface area contributed by atoms with Crippen molar-refractivity contribution < 1.29 is 4.79 Å². The molecule has 0 spiro atoms. The van der Waals surface area contributed by atoms with Gasteiger partial charge in [0.15, 0.2) is 0 Å². The number of rotatable bonds is 0.